The second-order valence-corrected chi connectivity index (χ2v) is 9.40. The van der Waals surface area contributed by atoms with Gasteiger partial charge in [0.15, 0.2) is 5.16 Å². The Morgan fingerprint density at radius 2 is 1.83 bits per heavy atom. The number of hydrogen-bond acceptors (Lipinski definition) is 7. The van der Waals surface area contributed by atoms with Crippen LogP contribution in [0.3, 0.4) is 0 Å². The number of carbonyl (C=O) groups excluding carboxylic acids is 2. The van der Waals surface area contributed by atoms with Crippen molar-refractivity contribution in [2.75, 3.05) is 7.11 Å². The topological polar surface area (TPSA) is 113 Å². The van der Waals surface area contributed by atoms with Gasteiger partial charge in [-0.3, -0.25) is 9.78 Å². The lowest BCUT2D eigenvalue weighted by Crippen LogP contribution is -2.15. The molecule has 0 aliphatic heterocycles. The summed E-state index contributed by atoms with van der Waals surface area (Å²) in [5.74, 6) is 0.839. The van der Waals surface area contributed by atoms with E-state index in [1.54, 1.807) is 0 Å². The predicted octanol–water partition coefficient (Wildman–Crippen LogP) is 4.33. The van der Waals surface area contributed by atoms with Gasteiger partial charge in [-0.2, -0.15) is 0 Å². The van der Waals surface area contributed by atoms with E-state index in [2.05, 4.69) is 10.2 Å². The van der Waals surface area contributed by atoms with Crippen molar-refractivity contribution in [3.05, 3.63) is 71.7 Å². The van der Waals surface area contributed by atoms with Gasteiger partial charge < -0.3 is 15.0 Å². The van der Waals surface area contributed by atoms with E-state index >= 15 is 0 Å². The first-order valence-corrected chi connectivity index (χ1v) is 12.4. The first-order valence-electron chi connectivity index (χ1n) is 11.5. The third-order valence-electron chi connectivity index (χ3n) is 6.03. The molecule has 178 valence electrons. The first-order chi connectivity index (χ1) is 17.1. The Bertz CT molecular complexity index is 1400. The number of primary amides is 1. The van der Waals surface area contributed by atoms with Crippen molar-refractivity contribution in [1.29, 1.82) is 0 Å². The highest BCUT2D eigenvalue weighted by Gasteiger charge is 2.31. The molecule has 2 heterocycles. The summed E-state index contributed by atoms with van der Waals surface area (Å²) in [7, 11) is 1.38. The quantitative estimate of drug-likeness (QED) is 0.276. The van der Waals surface area contributed by atoms with E-state index in [0.717, 1.165) is 40.7 Å². The highest BCUT2D eigenvalue weighted by atomic mass is 32.2. The van der Waals surface area contributed by atoms with E-state index in [4.69, 9.17) is 15.5 Å². The van der Waals surface area contributed by atoms with E-state index in [0.29, 0.717) is 34.6 Å². The van der Waals surface area contributed by atoms with Gasteiger partial charge in [-0.25, -0.2) is 4.79 Å². The molecule has 0 bridgehead atoms. The summed E-state index contributed by atoms with van der Waals surface area (Å²) in [6, 6.07) is 17.6. The number of nitrogens with zero attached hydrogens (tertiary/aromatic N) is 4. The van der Waals surface area contributed by atoms with Crippen LogP contribution in [0, 0.1) is 0 Å². The number of amides is 1. The van der Waals surface area contributed by atoms with Crippen molar-refractivity contribution >= 4 is 34.5 Å². The van der Waals surface area contributed by atoms with Gasteiger partial charge in [-0.15, -0.1) is 10.2 Å². The maximum absolute atomic E-state index is 13.1. The van der Waals surface area contributed by atoms with Gasteiger partial charge in [0, 0.05) is 35.6 Å². The van der Waals surface area contributed by atoms with Crippen molar-refractivity contribution in [2.45, 2.75) is 42.6 Å². The Balaban J connectivity index is 1.58. The van der Waals surface area contributed by atoms with E-state index in [-0.39, 0.29) is 12.3 Å². The number of methoxy groups -OCH3 is 1. The number of esters is 1. The third-order valence-corrected chi connectivity index (χ3v) is 7.01. The number of rotatable bonds is 9. The van der Waals surface area contributed by atoms with Crippen LogP contribution in [0.4, 0.5) is 0 Å². The highest BCUT2D eigenvalue weighted by Crippen LogP contribution is 2.41. The summed E-state index contributed by atoms with van der Waals surface area (Å²) in [5.41, 5.74) is 8.96. The summed E-state index contributed by atoms with van der Waals surface area (Å²) in [6.07, 6.45) is 2.35. The molecular weight excluding hydrogens is 462 g/mol. The second-order valence-electron chi connectivity index (χ2n) is 8.45. The second kappa shape index (κ2) is 9.87. The molecular formula is C26H25N5O3S. The van der Waals surface area contributed by atoms with Gasteiger partial charge in [0.25, 0.3) is 0 Å². The summed E-state index contributed by atoms with van der Waals surface area (Å²) in [5, 5.41) is 10.3. The van der Waals surface area contributed by atoms with Crippen molar-refractivity contribution in [1.82, 2.24) is 19.7 Å². The number of aromatic nitrogens is 4. The van der Waals surface area contributed by atoms with Crippen LogP contribution in [0.5, 0.6) is 0 Å². The van der Waals surface area contributed by atoms with Gasteiger partial charge in [0.05, 0.1) is 23.9 Å². The molecule has 1 fully saturated rings. The molecule has 9 heteroatoms. The molecule has 1 saturated carbocycles. The van der Waals surface area contributed by atoms with Crippen molar-refractivity contribution in [3.63, 3.8) is 0 Å². The molecule has 0 spiro atoms. The summed E-state index contributed by atoms with van der Waals surface area (Å²) in [6.45, 7) is 0.431. The van der Waals surface area contributed by atoms with Gasteiger partial charge >= 0.3 is 5.97 Å². The molecule has 4 aromatic rings. The molecule has 35 heavy (non-hydrogen) atoms. The summed E-state index contributed by atoms with van der Waals surface area (Å²) in [4.78, 5) is 29.4. The Morgan fingerprint density at radius 3 is 2.54 bits per heavy atom. The van der Waals surface area contributed by atoms with Crippen LogP contribution < -0.4 is 5.73 Å². The van der Waals surface area contributed by atoms with Crippen molar-refractivity contribution < 1.29 is 14.3 Å². The summed E-state index contributed by atoms with van der Waals surface area (Å²) < 4.78 is 7.18. The lowest BCUT2D eigenvalue weighted by molar-refractivity contribution is -0.118. The highest BCUT2D eigenvalue weighted by molar-refractivity contribution is 7.98. The zero-order valence-electron chi connectivity index (χ0n) is 19.3. The number of ether oxygens (including phenoxy) is 1. The average Bonchev–Trinajstić information content (AvgIpc) is 3.65. The van der Waals surface area contributed by atoms with Gasteiger partial charge in [0.1, 0.15) is 5.82 Å². The number of benzene rings is 2. The Hall–Kier alpha value is -3.72. The van der Waals surface area contributed by atoms with Gasteiger partial charge in [-0.1, -0.05) is 60.3 Å². The molecule has 1 aliphatic carbocycles. The Labute approximate surface area is 206 Å². The van der Waals surface area contributed by atoms with Crippen LogP contribution in [-0.2, 0) is 21.8 Å². The molecule has 5 rings (SSSR count). The van der Waals surface area contributed by atoms with Crippen LogP contribution in [0.15, 0.2) is 59.8 Å². The Morgan fingerprint density at radius 1 is 1.09 bits per heavy atom. The zero-order valence-corrected chi connectivity index (χ0v) is 20.1. The molecule has 1 amide bonds. The number of hydrogen-bond donors (Lipinski definition) is 1. The lowest BCUT2D eigenvalue weighted by Gasteiger charge is -2.16. The van der Waals surface area contributed by atoms with Gasteiger partial charge in [0.2, 0.25) is 5.91 Å². The average molecular weight is 488 g/mol. The normalized spacial score (nSPS) is 13.2. The minimum atomic E-state index is -0.438. The smallest absolute Gasteiger partial charge is 0.340 e. The van der Waals surface area contributed by atoms with Crippen LogP contribution in [0.25, 0.3) is 22.0 Å². The number of thioether (sulfide) groups is 1. The first kappa shape index (κ1) is 23.0. The molecule has 0 saturated heterocycles. The fourth-order valence-corrected chi connectivity index (χ4v) is 5.12. The van der Waals surface area contributed by atoms with Crippen LogP contribution in [0.2, 0.25) is 0 Å². The van der Waals surface area contributed by atoms with Crippen LogP contribution in [0.1, 0.15) is 47.1 Å². The SMILES string of the molecule is COC(=O)c1c(CSc2nnc(C3CC3)n2CCC(N)=O)nc2ccccc2c1-c1ccccc1. The zero-order chi connectivity index (χ0) is 24.4. The molecule has 2 aromatic heterocycles. The number of carbonyl (C=O) groups is 2. The maximum atomic E-state index is 13.1. The molecule has 1 aliphatic rings. The van der Waals surface area contributed by atoms with Crippen LogP contribution in [-0.4, -0.2) is 38.7 Å². The molecule has 8 nitrogen and oxygen atoms in total. The van der Waals surface area contributed by atoms with E-state index in [1.165, 1.54) is 18.9 Å². The Kier molecular flexibility index (Phi) is 6.50. The molecule has 0 unspecified atom stereocenters. The van der Waals surface area contributed by atoms with Gasteiger partial charge in [-0.05, 0) is 24.5 Å². The number of para-hydroxylation sites is 1. The summed E-state index contributed by atoms with van der Waals surface area (Å²) >= 11 is 1.44. The third kappa shape index (κ3) is 4.77. The van der Waals surface area contributed by atoms with Crippen molar-refractivity contribution in [2.24, 2.45) is 5.73 Å². The van der Waals surface area contributed by atoms with E-state index < -0.39 is 5.97 Å². The van der Waals surface area contributed by atoms with Crippen LogP contribution >= 0.6 is 11.8 Å². The molecule has 0 atom stereocenters. The lowest BCUT2D eigenvalue weighted by atomic mass is 9.94. The van der Waals surface area contributed by atoms with E-state index in [9.17, 15) is 9.59 Å². The van der Waals surface area contributed by atoms with E-state index in [1.807, 2.05) is 59.2 Å². The molecule has 2 aromatic carbocycles. The monoisotopic (exact) mass is 487 g/mol. The standard InChI is InChI=1S/C26H25N5O3S/c1-34-25(33)23-20(15-35-26-30-29-24(17-11-12-17)31(26)14-13-21(27)32)28-19-10-6-5-9-18(19)22(23)16-7-3-2-4-8-16/h2-10,17H,11-15H2,1H3,(H2,27,32). The fourth-order valence-electron chi connectivity index (χ4n) is 4.21. The molecule has 0 radical (unpaired) electrons. The predicted molar refractivity (Wildman–Crippen MR) is 134 cm³/mol. The van der Waals surface area contributed by atoms with Crippen molar-refractivity contribution in [3.8, 4) is 11.1 Å². The fraction of sp³-hybridized carbons (Fsp3) is 0.269. The minimum Gasteiger partial charge on any atom is -0.465 e. The number of pyridine rings is 1. The number of fused-ring (bicyclic) bond motifs is 1. The molecule has 2 N–H and O–H groups in total. The maximum Gasteiger partial charge on any atom is 0.340 e. The largest absolute Gasteiger partial charge is 0.465 e. The number of nitrogens with two attached hydrogens (primary N) is 1. The minimum absolute atomic E-state index is 0.213.